The minimum atomic E-state index is -0.957. The number of nitrogens with zero attached hydrogens (tertiary/aromatic N) is 4. The Morgan fingerprint density at radius 3 is 1.37 bits per heavy atom. The summed E-state index contributed by atoms with van der Waals surface area (Å²) < 4.78 is 33.0. The van der Waals surface area contributed by atoms with Gasteiger partial charge in [-0.2, -0.15) is 6.42 Å². The third kappa shape index (κ3) is 47.4. The Balaban J connectivity index is -0.00000108. The molecule has 0 aliphatic heterocycles. The number of esters is 5. The van der Waals surface area contributed by atoms with Crippen molar-refractivity contribution in [2.24, 2.45) is 11.5 Å². The fraction of sp³-hybridized carbons (Fsp3) is 0.736. The molecular formula is C53H95KN8O14. The zero-order valence-electron chi connectivity index (χ0n) is 47.0. The fourth-order valence-corrected chi connectivity index (χ4v) is 6.21. The maximum Gasteiger partial charge on any atom is 1.00 e. The number of methoxy groups -OCH3 is 1. The average Bonchev–Trinajstić information content (AvgIpc) is 4.17. The third-order valence-electron chi connectivity index (χ3n) is 10.6. The van der Waals surface area contributed by atoms with Crippen LogP contribution in [0.2, 0.25) is 0 Å². The molecule has 0 spiro atoms. The molecule has 0 saturated heterocycles. The van der Waals surface area contributed by atoms with E-state index < -0.39 is 42.3 Å². The van der Waals surface area contributed by atoms with Gasteiger partial charge in [0.15, 0.2) is 6.10 Å². The number of aliphatic hydroxyl groups is 1. The Kier molecular flexibility index (Phi) is 56.2. The Bertz CT molecular complexity index is 1620. The van der Waals surface area contributed by atoms with Crippen molar-refractivity contribution in [3.63, 3.8) is 0 Å². The zero-order valence-corrected chi connectivity index (χ0v) is 50.1. The predicted molar refractivity (Wildman–Crippen MR) is 285 cm³/mol. The monoisotopic (exact) mass is 1110 g/mol. The number of hydrogen-bond acceptors (Lipinski definition) is 19. The number of carbonyl (C=O) groups excluding carboxylic acids is 7. The van der Waals surface area contributed by atoms with E-state index in [1.807, 2.05) is 13.8 Å². The second kappa shape index (κ2) is 55.9. The quantitative estimate of drug-likeness (QED) is 0.0155. The van der Waals surface area contributed by atoms with Gasteiger partial charge in [0.2, 0.25) is 0 Å². The fourth-order valence-electron chi connectivity index (χ4n) is 6.21. The third-order valence-corrected chi connectivity index (χ3v) is 10.6. The molecule has 23 heteroatoms. The molecule has 2 aromatic rings. The molecule has 1 amide bonds. The summed E-state index contributed by atoms with van der Waals surface area (Å²) in [6.07, 6.45) is 26.7. The molecular weight excluding hydrogens is 1010 g/mol. The molecule has 0 aliphatic carbocycles. The first-order valence-electron chi connectivity index (χ1n) is 27.0. The molecule has 2 heterocycles. The molecule has 0 bridgehead atoms. The number of rotatable bonds is 38. The summed E-state index contributed by atoms with van der Waals surface area (Å²) in [5, 5.41) is 14.9. The van der Waals surface area contributed by atoms with Crippen LogP contribution in [0.25, 0.3) is 0 Å². The molecule has 432 valence electrons. The number of amides is 1. The maximum atomic E-state index is 12.3. The van der Waals surface area contributed by atoms with Crippen LogP contribution in [0.1, 0.15) is 182 Å². The first-order chi connectivity index (χ1) is 36.3. The second-order valence-electron chi connectivity index (χ2n) is 17.4. The number of unbranched alkanes of at least 4 members (excludes halogenated alkanes) is 13. The van der Waals surface area contributed by atoms with Gasteiger partial charge in [0.1, 0.15) is 51.2 Å². The minimum Gasteiger partial charge on any atom is -0.468 e. The molecule has 76 heavy (non-hydrogen) atoms. The van der Waals surface area contributed by atoms with E-state index in [9.17, 15) is 38.7 Å². The van der Waals surface area contributed by atoms with E-state index in [1.54, 1.807) is 24.8 Å². The van der Waals surface area contributed by atoms with Gasteiger partial charge in [-0.15, -0.1) is 0 Å². The van der Waals surface area contributed by atoms with Crippen LogP contribution in [0.4, 0.5) is 9.59 Å². The number of aliphatic hydroxyl groups excluding tert-OH is 1. The van der Waals surface area contributed by atoms with Crippen LogP contribution in [0.15, 0.2) is 37.4 Å². The molecule has 0 radical (unpaired) electrons. The number of ether oxygens (including phenoxy) is 6. The molecule has 1 unspecified atom stereocenters. The summed E-state index contributed by atoms with van der Waals surface area (Å²) >= 11 is 0. The van der Waals surface area contributed by atoms with Crippen LogP contribution < -0.4 is 73.5 Å². The second-order valence-corrected chi connectivity index (χ2v) is 17.4. The smallest absolute Gasteiger partial charge is 0.468 e. The molecule has 2 rings (SSSR count). The first kappa shape index (κ1) is 76.4. The van der Waals surface area contributed by atoms with Crippen molar-refractivity contribution in [1.82, 2.24) is 29.7 Å². The van der Waals surface area contributed by atoms with Gasteiger partial charge in [-0.1, -0.05) is 105 Å². The molecule has 0 aliphatic rings. The number of hydrogen-bond donors (Lipinski definition) is 5. The van der Waals surface area contributed by atoms with E-state index in [2.05, 4.69) is 41.4 Å². The van der Waals surface area contributed by atoms with Crippen molar-refractivity contribution in [3.05, 3.63) is 44.4 Å². The maximum absolute atomic E-state index is 12.3. The van der Waals surface area contributed by atoms with Gasteiger partial charge in [-0.05, 0) is 58.0 Å². The molecule has 1 atom stereocenters. The molecule has 2 aromatic heterocycles. The standard InChI is InChI=1S/C24H45N3O8.C15H28O5.C7H6N4O.C7H16N.K/c1-4-6-8-13-21(28)33-16-19(17-34-22(29)14-9-7-5-2)35-24(31)27-18-26-20(23(30)32-3)12-10-11-15-25;1-3-5-7-9-14(17)19-11-13(16)12-20-15(18)10-8-6-4-2;12-7(10-3-1-8-5-10)11-4-2-9-6-11;1-2-3-4-5-6-7-8;/h19-20,26H,4-18,25H2,1-3H3,(H,27,31);13,16H,3-12H2,1-2H3;1-6H;1-8H2;/q;;;-1;+1. The summed E-state index contributed by atoms with van der Waals surface area (Å²) in [5.41, 5.74) is 10.8. The van der Waals surface area contributed by atoms with E-state index in [1.165, 1.54) is 54.6 Å². The Morgan fingerprint density at radius 2 is 1.00 bits per heavy atom. The van der Waals surface area contributed by atoms with Crippen molar-refractivity contribution < 1.29 is 118 Å². The summed E-state index contributed by atoms with van der Waals surface area (Å²) in [4.78, 5) is 89.5. The van der Waals surface area contributed by atoms with Crippen molar-refractivity contribution in [3.8, 4) is 0 Å². The Hall–Kier alpha value is -3.81. The molecule has 22 nitrogen and oxygen atoms in total. The molecule has 7 N–H and O–H groups in total. The van der Waals surface area contributed by atoms with Gasteiger partial charge in [-0.3, -0.25) is 38.4 Å². The van der Waals surface area contributed by atoms with Crippen molar-refractivity contribution in [1.29, 1.82) is 0 Å². The number of imidazole rings is 2. The van der Waals surface area contributed by atoms with Crippen LogP contribution in [-0.4, -0.2) is 138 Å². The van der Waals surface area contributed by atoms with Crippen LogP contribution in [0, 0.1) is 6.92 Å². The van der Waals surface area contributed by atoms with Crippen molar-refractivity contribution >= 4 is 42.0 Å². The summed E-state index contributed by atoms with van der Waals surface area (Å²) in [7, 11) is 1.29. The number of nitrogens with two attached hydrogens (primary N) is 2. The minimum absolute atomic E-state index is 0. The van der Waals surface area contributed by atoms with Gasteiger partial charge < -0.3 is 57.2 Å². The van der Waals surface area contributed by atoms with Crippen LogP contribution in [-0.2, 0) is 52.4 Å². The van der Waals surface area contributed by atoms with Gasteiger partial charge in [0, 0.05) is 50.5 Å². The van der Waals surface area contributed by atoms with Gasteiger partial charge in [0.25, 0.3) is 0 Å². The van der Waals surface area contributed by atoms with Crippen LogP contribution >= 0.6 is 0 Å². The van der Waals surface area contributed by atoms with E-state index in [-0.39, 0.29) is 115 Å². The molecule has 0 aromatic carbocycles. The summed E-state index contributed by atoms with van der Waals surface area (Å²) in [6, 6.07) is -0.791. The largest absolute Gasteiger partial charge is 1.00 e. The van der Waals surface area contributed by atoms with Crippen LogP contribution in [0.5, 0.6) is 0 Å². The van der Waals surface area contributed by atoms with Gasteiger partial charge in [-0.25, -0.2) is 19.6 Å². The molecule has 0 fully saturated rings. The Morgan fingerprint density at radius 1 is 0.592 bits per heavy atom. The SMILES string of the molecule is CCCCCC(=O)OCC(COC(=O)CCCCC)OC(=O)NCNC(CCCCN)C(=O)OC.CCCCCC(=O)OCC(O)COC(=O)CCCCC.O=C(n1ccnc1)n1ccnc1.[CH2-]CCCCCCN.[K+]. The van der Waals surface area contributed by atoms with E-state index >= 15 is 0 Å². The number of carbonyl (C=O) groups is 7. The van der Waals surface area contributed by atoms with Gasteiger partial charge in [0.05, 0.1) is 13.8 Å². The topological polar surface area (TPSA) is 307 Å². The average molecular weight is 1110 g/mol. The summed E-state index contributed by atoms with van der Waals surface area (Å²) in [5.74, 6) is -1.87. The van der Waals surface area contributed by atoms with E-state index in [0.717, 1.165) is 90.0 Å². The van der Waals surface area contributed by atoms with Crippen molar-refractivity contribution in [2.45, 2.75) is 200 Å². The van der Waals surface area contributed by atoms with E-state index in [4.69, 9.17) is 39.9 Å². The van der Waals surface area contributed by atoms with Crippen molar-refractivity contribution in [2.75, 3.05) is 53.3 Å². The first-order valence-corrected chi connectivity index (χ1v) is 27.0. The summed E-state index contributed by atoms with van der Waals surface area (Å²) in [6.45, 7) is 12.6. The normalized spacial score (nSPS) is 10.7. The number of aromatic nitrogens is 4. The Labute approximate surface area is 495 Å². The predicted octanol–water partition coefficient (Wildman–Crippen LogP) is 4.47. The zero-order chi connectivity index (χ0) is 56.2. The van der Waals surface area contributed by atoms with Crippen LogP contribution in [0.3, 0.4) is 0 Å². The van der Waals surface area contributed by atoms with Gasteiger partial charge >= 0.3 is 93.4 Å². The number of alkyl carbamates (subject to hydrolysis) is 1. The molecule has 0 saturated carbocycles. The number of nitrogens with one attached hydrogen (secondary N) is 2. The van der Waals surface area contributed by atoms with E-state index in [0.29, 0.717) is 38.6 Å².